The highest BCUT2D eigenvalue weighted by atomic mass is 19.1. The summed E-state index contributed by atoms with van der Waals surface area (Å²) in [6, 6.07) is 6.23. The second-order valence-electron chi connectivity index (χ2n) is 4.06. The summed E-state index contributed by atoms with van der Waals surface area (Å²) < 4.78 is 17.8. The van der Waals surface area contributed by atoms with E-state index in [4.69, 9.17) is 9.84 Å². The van der Waals surface area contributed by atoms with Gasteiger partial charge in [-0.1, -0.05) is 12.1 Å². The van der Waals surface area contributed by atoms with E-state index in [0.29, 0.717) is 26.2 Å². The number of nitrogens with zero attached hydrogens (tertiary/aromatic N) is 1. The van der Waals surface area contributed by atoms with Gasteiger partial charge in [-0.2, -0.15) is 0 Å². The summed E-state index contributed by atoms with van der Waals surface area (Å²) in [5.41, 5.74) is 0.970. The van der Waals surface area contributed by atoms with Crippen LogP contribution in [-0.2, 0) is 16.1 Å². The van der Waals surface area contributed by atoms with Crippen molar-refractivity contribution in [1.29, 1.82) is 0 Å². The zero-order chi connectivity index (χ0) is 12.3. The first-order valence-corrected chi connectivity index (χ1v) is 5.46. The number of aliphatic carboxylic acids is 1. The van der Waals surface area contributed by atoms with Gasteiger partial charge in [0.25, 0.3) is 0 Å². The smallest absolute Gasteiger partial charge is 0.334 e. The Hall–Kier alpha value is -1.46. The topological polar surface area (TPSA) is 49.8 Å². The van der Waals surface area contributed by atoms with Crippen LogP contribution in [0.5, 0.6) is 0 Å². The number of morpholine rings is 1. The third-order valence-corrected chi connectivity index (χ3v) is 2.75. The number of carboxylic acids is 1. The van der Waals surface area contributed by atoms with Crippen molar-refractivity contribution in [3.63, 3.8) is 0 Å². The minimum atomic E-state index is -0.936. The van der Waals surface area contributed by atoms with Crippen molar-refractivity contribution < 1.29 is 19.0 Å². The van der Waals surface area contributed by atoms with Crippen LogP contribution in [0, 0.1) is 5.82 Å². The van der Waals surface area contributed by atoms with Gasteiger partial charge in [-0.25, -0.2) is 9.18 Å². The van der Waals surface area contributed by atoms with Crippen molar-refractivity contribution in [1.82, 2.24) is 4.90 Å². The molecule has 0 amide bonds. The summed E-state index contributed by atoms with van der Waals surface area (Å²) in [7, 11) is 0. The van der Waals surface area contributed by atoms with E-state index in [0.717, 1.165) is 5.56 Å². The standard InChI is InChI=1S/C12H14FNO3/c13-10-3-1-9(2-4-10)7-14-5-6-17-11(8-14)12(15)16/h1-4,11H,5-8H2,(H,15,16)/t11-/m0/s1. The Balaban J connectivity index is 1.94. The molecular formula is C12H14FNO3. The summed E-state index contributed by atoms with van der Waals surface area (Å²) in [6.45, 7) is 2.10. The number of carboxylic acid groups (broad SMARTS) is 1. The van der Waals surface area contributed by atoms with E-state index < -0.39 is 12.1 Å². The van der Waals surface area contributed by atoms with Crippen LogP contribution in [0.2, 0.25) is 0 Å². The van der Waals surface area contributed by atoms with Crippen molar-refractivity contribution in [2.24, 2.45) is 0 Å². The molecule has 5 heteroatoms. The molecule has 1 fully saturated rings. The molecule has 1 aromatic rings. The molecule has 0 unspecified atom stereocenters. The van der Waals surface area contributed by atoms with Crippen LogP contribution in [0.15, 0.2) is 24.3 Å². The number of halogens is 1. The van der Waals surface area contributed by atoms with E-state index in [9.17, 15) is 9.18 Å². The summed E-state index contributed by atoms with van der Waals surface area (Å²) in [5.74, 6) is -1.20. The lowest BCUT2D eigenvalue weighted by Gasteiger charge is -2.30. The van der Waals surface area contributed by atoms with Crippen LogP contribution in [-0.4, -0.2) is 41.8 Å². The third kappa shape index (κ3) is 3.25. The summed E-state index contributed by atoms with van der Waals surface area (Å²) in [4.78, 5) is 12.8. The van der Waals surface area contributed by atoms with E-state index in [1.807, 2.05) is 4.90 Å². The molecule has 2 rings (SSSR count). The molecule has 0 aromatic heterocycles. The highest BCUT2D eigenvalue weighted by molar-refractivity contribution is 5.72. The molecule has 1 aliphatic heterocycles. The van der Waals surface area contributed by atoms with Gasteiger partial charge in [0.1, 0.15) is 5.82 Å². The van der Waals surface area contributed by atoms with Gasteiger partial charge < -0.3 is 9.84 Å². The van der Waals surface area contributed by atoms with E-state index in [-0.39, 0.29) is 5.82 Å². The second-order valence-corrected chi connectivity index (χ2v) is 4.06. The maximum atomic E-state index is 12.7. The Morgan fingerprint density at radius 1 is 1.47 bits per heavy atom. The average molecular weight is 239 g/mol. The van der Waals surface area contributed by atoms with Crippen LogP contribution in [0.4, 0.5) is 4.39 Å². The molecule has 1 aromatic carbocycles. The van der Waals surface area contributed by atoms with Crippen LogP contribution in [0.3, 0.4) is 0 Å². The maximum Gasteiger partial charge on any atom is 0.334 e. The van der Waals surface area contributed by atoms with Crippen molar-refractivity contribution in [2.45, 2.75) is 12.6 Å². The Kier molecular flexibility index (Phi) is 3.71. The molecule has 0 spiro atoms. The monoisotopic (exact) mass is 239 g/mol. The Morgan fingerprint density at radius 2 is 2.18 bits per heavy atom. The fourth-order valence-corrected chi connectivity index (χ4v) is 1.84. The summed E-state index contributed by atoms with van der Waals surface area (Å²) in [6.07, 6.45) is -0.760. The lowest BCUT2D eigenvalue weighted by molar-refractivity contribution is -0.156. The van der Waals surface area contributed by atoms with Gasteiger partial charge in [-0.15, -0.1) is 0 Å². The quantitative estimate of drug-likeness (QED) is 0.858. The predicted molar refractivity (Wildman–Crippen MR) is 59.1 cm³/mol. The van der Waals surface area contributed by atoms with Crippen LogP contribution >= 0.6 is 0 Å². The molecule has 1 heterocycles. The van der Waals surface area contributed by atoms with Crippen LogP contribution in [0.1, 0.15) is 5.56 Å². The maximum absolute atomic E-state index is 12.7. The molecule has 0 saturated carbocycles. The van der Waals surface area contributed by atoms with E-state index in [2.05, 4.69) is 0 Å². The Morgan fingerprint density at radius 3 is 2.82 bits per heavy atom. The van der Waals surface area contributed by atoms with Crippen molar-refractivity contribution >= 4 is 5.97 Å². The van der Waals surface area contributed by atoms with E-state index in [1.165, 1.54) is 12.1 Å². The number of benzene rings is 1. The third-order valence-electron chi connectivity index (χ3n) is 2.75. The normalized spacial score (nSPS) is 21.4. The first-order valence-electron chi connectivity index (χ1n) is 5.46. The predicted octanol–water partition coefficient (Wildman–Crippen LogP) is 1.11. The van der Waals surface area contributed by atoms with Gasteiger partial charge >= 0.3 is 5.97 Å². The molecule has 92 valence electrons. The first kappa shape index (κ1) is 12.0. The Bertz CT molecular complexity index is 393. The number of ether oxygens (including phenoxy) is 1. The van der Waals surface area contributed by atoms with Gasteiger partial charge in [0.15, 0.2) is 6.10 Å². The van der Waals surface area contributed by atoms with E-state index >= 15 is 0 Å². The van der Waals surface area contributed by atoms with Crippen molar-refractivity contribution in [3.05, 3.63) is 35.6 Å². The van der Waals surface area contributed by atoms with Crippen LogP contribution in [0.25, 0.3) is 0 Å². The number of carbonyl (C=O) groups is 1. The minimum absolute atomic E-state index is 0.265. The van der Waals surface area contributed by atoms with Crippen molar-refractivity contribution in [3.8, 4) is 0 Å². The minimum Gasteiger partial charge on any atom is -0.479 e. The van der Waals surface area contributed by atoms with Gasteiger partial charge in [-0.3, -0.25) is 4.90 Å². The van der Waals surface area contributed by atoms with Crippen molar-refractivity contribution in [2.75, 3.05) is 19.7 Å². The molecule has 1 atom stereocenters. The molecule has 1 N–H and O–H groups in total. The number of hydrogen-bond acceptors (Lipinski definition) is 3. The lowest BCUT2D eigenvalue weighted by Crippen LogP contribution is -2.45. The van der Waals surface area contributed by atoms with Gasteiger partial charge in [0, 0.05) is 19.6 Å². The molecule has 17 heavy (non-hydrogen) atoms. The summed E-state index contributed by atoms with van der Waals surface area (Å²) in [5, 5.41) is 8.86. The molecule has 4 nitrogen and oxygen atoms in total. The molecule has 0 radical (unpaired) electrons. The van der Waals surface area contributed by atoms with Crippen LogP contribution < -0.4 is 0 Å². The van der Waals surface area contributed by atoms with Gasteiger partial charge in [-0.05, 0) is 17.7 Å². The molecule has 0 bridgehead atoms. The molecular weight excluding hydrogens is 225 g/mol. The SMILES string of the molecule is O=C(O)[C@@H]1CN(Cc2ccc(F)cc2)CCO1. The highest BCUT2D eigenvalue weighted by Gasteiger charge is 2.25. The van der Waals surface area contributed by atoms with E-state index in [1.54, 1.807) is 12.1 Å². The lowest BCUT2D eigenvalue weighted by atomic mass is 10.2. The fraction of sp³-hybridized carbons (Fsp3) is 0.417. The molecule has 0 aliphatic carbocycles. The summed E-state index contributed by atoms with van der Waals surface area (Å²) >= 11 is 0. The fourth-order valence-electron chi connectivity index (χ4n) is 1.84. The molecule has 1 aliphatic rings. The average Bonchev–Trinajstić information content (AvgIpc) is 2.32. The number of rotatable bonds is 3. The molecule has 1 saturated heterocycles. The van der Waals surface area contributed by atoms with Gasteiger partial charge in [0.05, 0.1) is 6.61 Å². The zero-order valence-corrected chi connectivity index (χ0v) is 9.30. The van der Waals surface area contributed by atoms with Gasteiger partial charge in [0.2, 0.25) is 0 Å². The second kappa shape index (κ2) is 5.25. The zero-order valence-electron chi connectivity index (χ0n) is 9.30. The number of hydrogen-bond donors (Lipinski definition) is 1. The largest absolute Gasteiger partial charge is 0.479 e. The first-order chi connectivity index (χ1) is 8.15. The highest BCUT2D eigenvalue weighted by Crippen LogP contribution is 2.11. The Labute approximate surface area is 98.6 Å².